The molecule has 0 spiro atoms. The summed E-state index contributed by atoms with van der Waals surface area (Å²) in [6.07, 6.45) is 0. The molecule has 6 aromatic carbocycles. The molecular weight excluding hydrogens is 556 g/mol. The molecule has 10 aromatic rings. The molecule has 0 radical (unpaired) electrons. The lowest BCUT2D eigenvalue weighted by atomic mass is 9.99. The zero-order chi connectivity index (χ0) is 29.5. The molecule has 5 heteroatoms. The van der Waals surface area contributed by atoms with Gasteiger partial charge in [0.25, 0.3) is 0 Å². The number of para-hydroxylation sites is 3. The van der Waals surface area contributed by atoms with Crippen molar-refractivity contribution in [1.82, 2.24) is 9.97 Å². The minimum absolute atomic E-state index is 0.620. The lowest BCUT2D eigenvalue weighted by Crippen LogP contribution is -1.97. The molecule has 10 rings (SSSR count). The van der Waals surface area contributed by atoms with E-state index in [0.29, 0.717) is 5.82 Å². The Morgan fingerprint density at radius 3 is 1.13 bits per heavy atom. The predicted octanol–water partition coefficient (Wildman–Crippen LogP) is 11.2. The molecule has 0 aliphatic heterocycles. The molecule has 0 unspecified atom stereocenters. The highest BCUT2D eigenvalue weighted by molar-refractivity contribution is 6.15. The van der Waals surface area contributed by atoms with Gasteiger partial charge in [0.1, 0.15) is 33.5 Å². The molecule has 0 N–H and O–H groups in total. The molecule has 210 valence electrons. The van der Waals surface area contributed by atoms with Crippen LogP contribution in [0.25, 0.3) is 99.7 Å². The first-order valence-electron chi connectivity index (χ1n) is 14.9. The van der Waals surface area contributed by atoms with Gasteiger partial charge in [-0.15, -0.1) is 0 Å². The summed E-state index contributed by atoms with van der Waals surface area (Å²) in [5.41, 5.74) is 9.46. The third-order valence-electron chi connectivity index (χ3n) is 8.73. The molecule has 4 heterocycles. The summed E-state index contributed by atoms with van der Waals surface area (Å²) in [6, 6.07) is 44.9. The average Bonchev–Trinajstić information content (AvgIpc) is 3.79. The van der Waals surface area contributed by atoms with Gasteiger partial charge in [0, 0.05) is 49.0 Å². The van der Waals surface area contributed by atoms with Crippen LogP contribution in [0.15, 0.2) is 147 Å². The van der Waals surface area contributed by atoms with E-state index in [1.165, 1.54) is 0 Å². The number of benzene rings is 6. The Morgan fingerprint density at radius 2 is 0.689 bits per heavy atom. The molecule has 0 atom stereocenters. The number of hydrogen-bond donors (Lipinski definition) is 0. The Morgan fingerprint density at radius 1 is 0.333 bits per heavy atom. The van der Waals surface area contributed by atoms with Crippen LogP contribution < -0.4 is 0 Å². The van der Waals surface area contributed by atoms with Crippen LogP contribution in [0.1, 0.15) is 0 Å². The first-order valence-corrected chi connectivity index (χ1v) is 14.9. The minimum Gasteiger partial charge on any atom is -0.456 e. The van der Waals surface area contributed by atoms with Crippen LogP contribution in [0.2, 0.25) is 0 Å². The van der Waals surface area contributed by atoms with Gasteiger partial charge >= 0.3 is 0 Å². The van der Waals surface area contributed by atoms with E-state index in [4.69, 9.17) is 23.2 Å². The first-order chi connectivity index (χ1) is 22.3. The molecule has 4 aromatic heterocycles. The minimum atomic E-state index is 0.620. The van der Waals surface area contributed by atoms with Crippen molar-refractivity contribution in [3.8, 4) is 33.9 Å². The Hall–Kier alpha value is -6.20. The Labute approximate surface area is 256 Å². The van der Waals surface area contributed by atoms with Crippen LogP contribution in [-0.2, 0) is 0 Å². The zero-order valence-corrected chi connectivity index (χ0v) is 23.8. The number of furan rings is 3. The summed E-state index contributed by atoms with van der Waals surface area (Å²) in [7, 11) is 0. The van der Waals surface area contributed by atoms with E-state index in [2.05, 4.69) is 42.5 Å². The van der Waals surface area contributed by atoms with Crippen LogP contribution in [-0.4, -0.2) is 9.97 Å². The van der Waals surface area contributed by atoms with Crippen LogP contribution >= 0.6 is 0 Å². The van der Waals surface area contributed by atoms with Crippen LogP contribution in [0.3, 0.4) is 0 Å². The van der Waals surface area contributed by atoms with Gasteiger partial charge in [-0.2, -0.15) is 0 Å². The largest absolute Gasteiger partial charge is 0.456 e. The average molecular weight is 579 g/mol. The van der Waals surface area contributed by atoms with Gasteiger partial charge in [-0.1, -0.05) is 91.0 Å². The van der Waals surface area contributed by atoms with Gasteiger partial charge in [-0.05, 0) is 42.5 Å². The van der Waals surface area contributed by atoms with Crippen LogP contribution in [0, 0.1) is 0 Å². The molecule has 0 saturated heterocycles. The molecule has 0 aliphatic rings. The van der Waals surface area contributed by atoms with Crippen LogP contribution in [0.5, 0.6) is 0 Å². The molecule has 0 saturated carbocycles. The Bertz CT molecular complexity index is 2470. The molecule has 45 heavy (non-hydrogen) atoms. The summed E-state index contributed by atoms with van der Waals surface area (Å²) >= 11 is 0. The molecule has 5 nitrogen and oxygen atoms in total. The maximum absolute atomic E-state index is 6.27. The lowest BCUT2D eigenvalue weighted by Gasteiger charge is -2.11. The van der Waals surface area contributed by atoms with Crippen molar-refractivity contribution in [3.63, 3.8) is 0 Å². The normalized spacial score (nSPS) is 12.0. The fourth-order valence-corrected chi connectivity index (χ4v) is 6.78. The number of hydrogen-bond acceptors (Lipinski definition) is 5. The number of nitrogens with zero attached hydrogens (tertiary/aromatic N) is 2. The number of fused-ring (bicyclic) bond motifs is 9. The van der Waals surface area contributed by atoms with E-state index < -0.39 is 0 Å². The third-order valence-corrected chi connectivity index (χ3v) is 8.73. The second kappa shape index (κ2) is 9.15. The second-order valence-electron chi connectivity index (χ2n) is 11.3. The van der Waals surface area contributed by atoms with E-state index in [0.717, 1.165) is 93.9 Å². The fraction of sp³-hybridized carbons (Fsp3) is 0. The molecule has 0 fully saturated rings. The topological polar surface area (TPSA) is 65.2 Å². The van der Waals surface area contributed by atoms with E-state index >= 15 is 0 Å². The van der Waals surface area contributed by atoms with E-state index in [1.807, 2.05) is 91.0 Å². The van der Waals surface area contributed by atoms with Gasteiger partial charge in [-0.25, -0.2) is 9.97 Å². The van der Waals surface area contributed by atoms with Crippen molar-refractivity contribution in [2.75, 3.05) is 0 Å². The molecular formula is C40H22N2O3. The monoisotopic (exact) mass is 578 g/mol. The van der Waals surface area contributed by atoms with E-state index in [-0.39, 0.29) is 0 Å². The smallest absolute Gasteiger partial charge is 0.161 e. The van der Waals surface area contributed by atoms with Crippen molar-refractivity contribution in [2.45, 2.75) is 0 Å². The second-order valence-corrected chi connectivity index (χ2v) is 11.3. The fourth-order valence-electron chi connectivity index (χ4n) is 6.78. The highest BCUT2D eigenvalue weighted by Gasteiger charge is 2.21. The van der Waals surface area contributed by atoms with E-state index in [9.17, 15) is 0 Å². The van der Waals surface area contributed by atoms with Crippen molar-refractivity contribution in [3.05, 3.63) is 133 Å². The van der Waals surface area contributed by atoms with Crippen molar-refractivity contribution in [2.24, 2.45) is 0 Å². The summed E-state index contributed by atoms with van der Waals surface area (Å²) in [5.74, 6) is 0.620. The summed E-state index contributed by atoms with van der Waals surface area (Å²) < 4.78 is 18.8. The predicted molar refractivity (Wildman–Crippen MR) is 180 cm³/mol. The highest BCUT2D eigenvalue weighted by atomic mass is 16.3. The SMILES string of the molecule is c1ccc2c(c1)oc1cccc(-c3cc(-c4cccc5oc6ccccc6c45)nc(-c4cccc5oc6ccccc6c45)n3)c12. The van der Waals surface area contributed by atoms with Gasteiger partial charge in [0.2, 0.25) is 0 Å². The van der Waals surface area contributed by atoms with Gasteiger partial charge < -0.3 is 13.3 Å². The molecule has 0 amide bonds. The standard InChI is InChI=1S/C40H22N2O3/c1-4-16-31-25(10-1)37-23(13-7-19-34(37)43-31)29-22-30(24-14-8-20-35-38(24)26-11-2-5-17-32(26)44-35)42-40(41-29)28-15-9-21-36-39(28)27-12-3-6-18-33(27)45-36/h1-22H. The van der Waals surface area contributed by atoms with Gasteiger partial charge in [-0.3, -0.25) is 0 Å². The van der Waals surface area contributed by atoms with Gasteiger partial charge in [0.15, 0.2) is 5.82 Å². The van der Waals surface area contributed by atoms with Crippen molar-refractivity contribution in [1.29, 1.82) is 0 Å². The number of aromatic nitrogens is 2. The van der Waals surface area contributed by atoms with E-state index in [1.54, 1.807) is 0 Å². The molecule has 0 aliphatic carbocycles. The van der Waals surface area contributed by atoms with Gasteiger partial charge in [0.05, 0.1) is 11.4 Å². The zero-order valence-electron chi connectivity index (χ0n) is 23.8. The number of rotatable bonds is 3. The maximum Gasteiger partial charge on any atom is 0.161 e. The molecule has 0 bridgehead atoms. The van der Waals surface area contributed by atoms with Crippen LogP contribution in [0.4, 0.5) is 0 Å². The quantitative estimate of drug-likeness (QED) is 0.209. The summed E-state index contributed by atoms with van der Waals surface area (Å²) in [4.78, 5) is 10.6. The first kappa shape index (κ1) is 24.3. The Balaban J connectivity index is 1.33. The summed E-state index contributed by atoms with van der Waals surface area (Å²) in [5, 5.41) is 6.19. The van der Waals surface area contributed by atoms with Crippen molar-refractivity contribution < 1.29 is 13.3 Å². The lowest BCUT2D eigenvalue weighted by molar-refractivity contribution is 0.668. The Kier molecular flexibility index (Phi) is 4.93. The maximum atomic E-state index is 6.27. The summed E-state index contributed by atoms with van der Waals surface area (Å²) in [6.45, 7) is 0. The third kappa shape index (κ3) is 3.55. The van der Waals surface area contributed by atoms with Crippen molar-refractivity contribution >= 4 is 65.8 Å². The highest BCUT2D eigenvalue weighted by Crippen LogP contribution is 2.42.